The zero-order valence-electron chi connectivity index (χ0n) is 17.0. The van der Waals surface area contributed by atoms with Crippen LogP contribution in [0.3, 0.4) is 0 Å². The van der Waals surface area contributed by atoms with E-state index in [4.69, 9.17) is 0 Å². The standard InChI is InChI=1S/C25H30FN3/c26-22-6-7-23-24(17-27-25(23)16-22)20-9-13-28(14-10-20)11-3-12-29-15-8-19-4-1-2-5-21(19)18-29/h1-2,4-7,16-17,20,27H,3,8-15,18H2. The van der Waals surface area contributed by atoms with Crippen molar-refractivity contribution in [1.29, 1.82) is 0 Å². The predicted octanol–water partition coefficient (Wildman–Crippen LogP) is 4.93. The Kier molecular flexibility index (Phi) is 5.38. The van der Waals surface area contributed by atoms with E-state index >= 15 is 0 Å². The van der Waals surface area contributed by atoms with E-state index in [1.54, 1.807) is 12.1 Å². The van der Waals surface area contributed by atoms with Crippen molar-refractivity contribution in [2.45, 2.75) is 38.1 Å². The number of aromatic nitrogens is 1. The molecule has 5 rings (SSSR count). The van der Waals surface area contributed by atoms with Crippen LogP contribution in [0.2, 0.25) is 0 Å². The van der Waals surface area contributed by atoms with Crippen LogP contribution in [-0.4, -0.2) is 47.5 Å². The quantitative estimate of drug-likeness (QED) is 0.666. The third-order valence-corrected chi connectivity index (χ3v) is 6.86. The molecular formula is C25H30FN3. The summed E-state index contributed by atoms with van der Waals surface area (Å²) in [5, 5.41) is 1.19. The molecule has 0 spiro atoms. The lowest BCUT2D eigenvalue weighted by molar-refractivity contribution is 0.187. The van der Waals surface area contributed by atoms with E-state index in [-0.39, 0.29) is 5.82 Å². The Balaban J connectivity index is 1.09. The van der Waals surface area contributed by atoms with E-state index in [0.717, 1.165) is 12.1 Å². The summed E-state index contributed by atoms with van der Waals surface area (Å²) >= 11 is 0. The van der Waals surface area contributed by atoms with Gasteiger partial charge in [0.05, 0.1) is 0 Å². The molecule has 1 saturated heterocycles. The van der Waals surface area contributed by atoms with Crippen LogP contribution in [0.5, 0.6) is 0 Å². The van der Waals surface area contributed by atoms with Crippen molar-refractivity contribution in [3.05, 3.63) is 71.2 Å². The van der Waals surface area contributed by atoms with Crippen molar-refractivity contribution < 1.29 is 4.39 Å². The predicted molar refractivity (Wildman–Crippen MR) is 117 cm³/mol. The smallest absolute Gasteiger partial charge is 0.125 e. The normalized spacial score (nSPS) is 18.9. The van der Waals surface area contributed by atoms with Gasteiger partial charge < -0.3 is 9.88 Å². The highest BCUT2D eigenvalue weighted by Crippen LogP contribution is 2.33. The lowest BCUT2D eigenvalue weighted by Gasteiger charge is -2.33. The Morgan fingerprint density at radius 1 is 0.931 bits per heavy atom. The number of likely N-dealkylation sites (tertiary alicyclic amines) is 1. The molecule has 3 nitrogen and oxygen atoms in total. The van der Waals surface area contributed by atoms with Crippen LogP contribution in [0.25, 0.3) is 10.9 Å². The van der Waals surface area contributed by atoms with Crippen molar-refractivity contribution in [3.63, 3.8) is 0 Å². The van der Waals surface area contributed by atoms with Crippen molar-refractivity contribution in [2.75, 3.05) is 32.7 Å². The van der Waals surface area contributed by atoms with E-state index in [2.05, 4.69) is 45.2 Å². The van der Waals surface area contributed by atoms with Gasteiger partial charge in [-0.05, 0) is 92.7 Å². The van der Waals surface area contributed by atoms with Crippen molar-refractivity contribution in [3.8, 4) is 0 Å². The fourth-order valence-electron chi connectivity index (χ4n) is 5.19. The monoisotopic (exact) mass is 391 g/mol. The summed E-state index contributed by atoms with van der Waals surface area (Å²) in [6, 6.07) is 14.0. The molecular weight excluding hydrogens is 361 g/mol. The molecule has 2 aromatic carbocycles. The molecule has 2 aliphatic rings. The topological polar surface area (TPSA) is 22.3 Å². The lowest BCUT2D eigenvalue weighted by atomic mass is 9.89. The maximum absolute atomic E-state index is 13.4. The van der Waals surface area contributed by atoms with Crippen LogP contribution in [0, 0.1) is 5.82 Å². The number of hydrogen-bond donors (Lipinski definition) is 1. The summed E-state index contributed by atoms with van der Waals surface area (Å²) in [5.41, 5.74) is 5.33. The lowest BCUT2D eigenvalue weighted by Crippen LogP contribution is -2.36. The minimum atomic E-state index is -0.169. The highest BCUT2D eigenvalue weighted by molar-refractivity contribution is 5.83. The van der Waals surface area contributed by atoms with Crippen molar-refractivity contribution >= 4 is 10.9 Å². The number of halogens is 1. The van der Waals surface area contributed by atoms with Crippen LogP contribution < -0.4 is 0 Å². The molecule has 3 aromatic rings. The Bertz CT molecular complexity index is 971. The van der Waals surface area contributed by atoms with E-state index in [1.807, 2.05) is 6.07 Å². The zero-order chi connectivity index (χ0) is 19.6. The van der Waals surface area contributed by atoms with Crippen molar-refractivity contribution in [2.24, 2.45) is 0 Å². The molecule has 0 saturated carbocycles. The first-order chi connectivity index (χ1) is 14.3. The molecule has 152 valence electrons. The Hall–Kier alpha value is -2.17. The van der Waals surface area contributed by atoms with Gasteiger partial charge in [0.2, 0.25) is 0 Å². The summed E-state index contributed by atoms with van der Waals surface area (Å²) < 4.78 is 13.4. The van der Waals surface area contributed by atoms with E-state index < -0.39 is 0 Å². The first-order valence-electron chi connectivity index (χ1n) is 11.0. The van der Waals surface area contributed by atoms with Gasteiger partial charge in [-0.3, -0.25) is 4.90 Å². The zero-order valence-corrected chi connectivity index (χ0v) is 17.0. The SMILES string of the molecule is Fc1ccc2c(C3CCN(CCCN4CCc5ccccc5C4)CC3)c[nH]c2c1. The van der Waals surface area contributed by atoms with Crippen LogP contribution >= 0.6 is 0 Å². The number of rotatable bonds is 5. The van der Waals surface area contributed by atoms with E-state index in [9.17, 15) is 4.39 Å². The van der Waals surface area contributed by atoms with Gasteiger partial charge in [0.25, 0.3) is 0 Å². The molecule has 0 amide bonds. The third kappa shape index (κ3) is 4.10. The second-order valence-electron chi connectivity index (χ2n) is 8.70. The number of fused-ring (bicyclic) bond motifs is 2. The molecule has 0 aliphatic carbocycles. The van der Waals surface area contributed by atoms with E-state index in [0.29, 0.717) is 5.92 Å². The summed E-state index contributed by atoms with van der Waals surface area (Å²) in [7, 11) is 0. The number of hydrogen-bond acceptors (Lipinski definition) is 2. The molecule has 1 aromatic heterocycles. The summed E-state index contributed by atoms with van der Waals surface area (Å²) in [6.07, 6.45) is 6.93. The maximum atomic E-state index is 13.4. The molecule has 0 atom stereocenters. The van der Waals surface area contributed by atoms with Gasteiger partial charge in [-0.2, -0.15) is 0 Å². The van der Waals surface area contributed by atoms with Crippen molar-refractivity contribution in [1.82, 2.24) is 14.8 Å². The van der Waals surface area contributed by atoms with Gasteiger partial charge in [-0.1, -0.05) is 24.3 Å². The molecule has 1 N–H and O–H groups in total. The molecule has 3 heterocycles. The van der Waals surface area contributed by atoms with Crippen LogP contribution in [0.15, 0.2) is 48.7 Å². The summed E-state index contributed by atoms with van der Waals surface area (Å²) in [6.45, 7) is 7.04. The molecule has 0 bridgehead atoms. The highest BCUT2D eigenvalue weighted by atomic mass is 19.1. The van der Waals surface area contributed by atoms with Gasteiger partial charge in [0, 0.05) is 30.2 Å². The van der Waals surface area contributed by atoms with Crippen LogP contribution in [0.1, 0.15) is 41.9 Å². The first-order valence-corrected chi connectivity index (χ1v) is 11.0. The minimum absolute atomic E-state index is 0.169. The summed E-state index contributed by atoms with van der Waals surface area (Å²) in [4.78, 5) is 8.50. The molecule has 0 unspecified atom stereocenters. The molecule has 2 aliphatic heterocycles. The number of aromatic amines is 1. The average molecular weight is 392 g/mol. The average Bonchev–Trinajstić information content (AvgIpc) is 3.17. The number of H-pyrrole nitrogens is 1. The highest BCUT2D eigenvalue weighted by Gasteiger charge is 2.23. The number of nitrogens with zero attached hydrogens (tertiary/aromatic N) is 2. The molecule has 0 radical (unpaired) electrons. The summed E-state index contributed by atoms with van der Waals surface area (Å²) in [5.74, 6) is 0.418. The maximum Gasteiger partial charge on any atom is 0.125 e. The molecule has 4 heteroatoms. The first kappa shape index (κ1) is 18.8. The Labute approximate surface area is 172 Å². The Morgan fingerprint density at radius 2 is 1.72 bits per heavy atom. The van der Waals surface area contributed by atoms with E-state index in [1.165, 1.54) is 80.5 Å². The van der Waals surface area contributed by atoms with Gasteiger partial charge in [0.15, 0.2) is 0 Å². The molecule has 1 fully saturated rings. The minimum Gasteiger partial charge on any atom is -0.361 e. The fraction of sp³-hybridized carbons (Fsp3) is 0.440. The largest absolute Gasteiger partial charge is 0.361 e. The fourth-order valence-corrected chi connectivity index (χ4v) is 5.19. The Morgan fingerprint density at radius 3 is 2.59 bits per heavy atom. The van der Waals surface area contributed by atoms with Crippen LogP contribution in [-0.2, 0) is 13.0 Å². The second-order valence-corrected chi connectivity index (χ2v) is 8.70. The van der Waals surface area contributed by atoms with Gasteiger partial charge in [-0.25, -0.2) is 4.39 Å². The van der Waals surface area contributed by atoms with Gasteiger partial charge >= 0.3 is 0 Å². The number of benzene rings is 2. The number of nitrogens with one attached hydrogen (secondary N) is 1. The van der Waals surface area contributed by atoms with Gasteiger partial charge in [-0.15, -0.1) is 0 Å². The van der Waals surface area contributed by atoms with Gasteiger partial charge in [0.1, 0.15) is 5.82 Å². The second kappa shape index (κ2) is 8.29. The third-order valence-electron chi connectivity index (χ3n) is 6.86. The molecule has 29 heavy (non-hydrogen) atoms. The van der Waals surface area contributed by atoms with Crippen LogP contribution in [0.4, 0.5) is 4.39 Å². The number of piperidine rings is 1.